The molecule has 0 aliphatic heterocycles. The van der Waals surface area contributed by atoms with Crippen LogP contribution < -0.4 is 5.32 Å². The van der Waals surface area contributed by atoms with Crippen molar-refractivity contribution in [3.05, 3.63) is 64.1 Å². The van der Waals surface area contributed by atoms with Crippen LogP contribution in [0.25, 0.3) is 0 Å². The summed E-state index contributed by atoms with van der Waals surface area (Å²) in [7, 11) is 0. The van der Waals surface area contributed by atoms with Crippen molar-refractivity contribution >= 4 is 28.9 Å². The molecule has 1 nitrogen and oxygen atoms in total. The number of hydrogen-bond donors (Lipinski definition) is 1. The van der Waals surface area contributed by atoms with Gasteiger partial charge in [0.2, 0.25) is 0 Å². The third kappa shape index (κ3) is 3.43. The molecule has 1 N–H and O–H groups in total. The predicted molar refractivity (Wildman–Crippen MR) is 84.1 cm³/mol. The zero-order valence-corrected chi connectivity index (χ0v) is 12.5. The molecule has 0 amide bonds. The van der Waals surface area contributed by atoms with Gasteiger partial charge >= 0.3 is 0 Å². The van der Waals surface area contributed by atoms with Crippen LogP contribution in [0, 0.1) is 5.92 Å². The van der Waals surface area contributed by atoms with Crippen molar-refractivity contribution in [2.24, 2.45) is 5.92 Å². The largest absolute Gasteiger partial charge is 0.377 e. The lowest BCUT2D eigenvalue weighted by Crippen LogP contribution is -2.17. The highest BCUT2D eigenvalue weighted by molar-refractivity contribution is 6.43. The standard InChI is InChI=1S/C16H17Cl2N/c1-11(2)16(12-7-4-3-5-8-12)19-14-10-6-9-13(17)15(14)18/h3-11,16,19H,1-2H3. The number of halogens is 2. The molecule has 0 aromatic heterocycles. The molecule has 0 aliphatic carbocycles. The first-order valence-electron chi connectivity index (χ1n) is 6.35. The Bertz CT molecular complexity index is 538. The summed E-state index contributed by atoms with van der Waals surface area (Å²) in [6.45, 7) is 4.37. The van der Waals surface area contributed by atoms with Crippen molar-refractivity contribution in [2.75, 3.05) is 5.32 Å². The maximum absolute atomic E-state index is 6.24. The maximum Gasteiger partial charge on any atom is 0.0823 e. The van der Waals surface area contributed by atoms with Crippen LogP contribution in [0.1, 0.15) is 25.5 Å². The monoisotopic (exact) mass is 293 g/mol. The molecule has 2 aromatic rings. The van der Waals surface area contributed by atoms with E-state index in [1.165, 1.54) is 5.56 Å². The Hall–Kier alpha value is -1.18. The molecule has 3 heteroatoms. The second-order valence-electron chi connectivity index (χ2n) is 4.88. The summed E-state index contributed by atoms with van der Waals surface area (Å²) in [4.78, 5) is 0. The van der Waals surface area contributed by atoms with E-state index in [2.05, 4.69) is 31.3 Å². The summed E-state index contributed by atoms with van der Waals surface area (Å²) in [5, 5.41) is 4.63. The van der Waals surface area contributed by atoms with Crippen molar-refractivity contribution in [3.8, 4) is 0 Å². The molecule has 2 rings (SSSR count). The minimum absolute atomic E-state index is 0.206. The molecular formula is C16H17Cl2N. The molecule has 1 atom stereocenters. The summed E-state index contributed by atoms with van der Waals surface area (Å²) in [6, 6.07) is 16.2. The topological polar surface area (TPSA) is 12.0 Å². The molecule has 0 aliphatic rings. The van der Waals surface area contributed by atoms with Crippen LogP contribution in [0.4, 0.5) is 5.69 Å². The SMILES string of the molecule is CC(C)C(Nc1cccc(Cl)c1Cl)c1ccccc1. The first kappa shape index (κ1) is 14.2. The van der Waals surface area contributed by atoms with Crippen molar-refractivity contribution in [3.63, 3.8) is 0 Å². The Kier molecular flexibility index (Phi) is 4.73. The quantitative estimate of drug-likeness (QED) is 0.751. The fourth-order valence-corrected chi connectivity index (χ4v) is 2.43. The fourth-order valence-electron chi connectivity index (χ4n) is 2.08. The van der Waals surface area contributed by atoms with Crippen molar-refractivity contribution in [1.29, 1.82) is 0 Å². The number of nitrogens with one attached hydrogen (secondary N) is 1. The van der Waals surface area contributed by atoms with E-state index in [4.69, 9.17) is 23.2 Å². The van der Waals surface area contributed by atoms with E-state index in [0.717, 1.165) is 5.69 Å². The van der Waals surface area contributed by atoms with Gasteiger partial charge in [0.15, 0.2) is 0 Å². The molecule has 0 saturated heterocycles. The van der Waals surface area contributed by atoms with Crippen LogP contribution in [-0.4, -0.2) is 0 Å². The summed E-state index contributed by atoms with van der Waals surface area (Å²) in [5.74, 6) is 0.442. The Labute approximate surface area is 124 Å². The zero-order chi connectivity index (χ0) is 13.8. The highest BCUT2D eigenvalue weighted by Gasteiger charge is 2.17. The minimum Gasteiger partial charge on any atom is -0.377 e. The number of benzene rings is 2. The zero-order valence-electron chi connectivity index (χ0n) is 11.0. The highest BCUT2D eigenvalue weighted by atomic mass is 35.5. The summed E-state index contributed by atoms with van der Waals surface area (Å²) < 4.78 is 0. The van der Waals surface area contributed by atoms with Gasteiger partial charge in [0.25, 0.3) is 0 Å². The van der Waals surface area contributed by atoms with Crippen molar-refractivity contribution in [1.82, 2.24) is 0 Å². The van der Waals surface area contributed by atoms with Gasteiger partial charge in [-0.3, -0.25) is 0 Å². The van der Waals surface area contributed by atoms with Crippen LogP contribution >= 0.6 is 23.2 Å². The van der Waals surface area contributed by atoms with Crippen LogP contribution in [0.15, 0.2) is 48.5 Å². The average Bonchev–Trinajstić information content (AvgIpc) is 2.41. The number of rotatable bonds is 4. The van der Waals surface area contributed by atoms with E-state index in [1.54, 1.807) is 6.07 Å². The summed E-state index contributed by atoms with van der Waals surface area (Å²) >= 11 is 12.3. The molecule has 1 unspecified atom stereocenters. The van der Waals surface area contributed by atoms with E-state index in [-0.39, 0.29) is 6.04 Å². The van der Waals surface area contributed by atoms with Gasteiger partial charge in [-0.25, -0.2) is 0 Å². The molecule has 0 fully saturated rings. The van der Waals surface area contributed by atoms with Gasteiger partial charge in [-0.05, 0) is 23.6 Å². The lowest BCUT2D eigenvalue weighted by Gasteiger charge is -2.25. The Balaban J connectivity index is 2.30. The van der Waals surface area contributed by atoms with Gasteiger partial charge in [-0.2, -0.15) is 0 Å². The summed E-state index contributed by atoms with van der Waals surface area (Å²) in [5.41, 5.74) is 2.12. The van der Waals surface area contributed by atoms with E-state index in [9.17, 15) is 0 Å². The Morgan fingerprint density at radius 3 is 2.21 bits per heavy atom. The number of hydrogen-bond acceptors (Lipinski definition) is 1. The van der Waals surface area contributed by atoms with Gasteiger partial charge in [-0.1, -0.05) is 73.4 Å². The molecule has 0 heterocycles. The maximum atomic E-state index is 6.24. The number of anilines is 1. The third-order valence-electron chi connectivity index (χ3n) is 3.09. The second-order valence-corrected chi connectivity index (χ2v) is 5.66. The van der Waals surface area contributed by atoms with Gasteiger partial charge in [0.05, 0.1) is 21.8 Å². The van der Waals surface area contributed by atoms with E-state index in [0.29, 0.717) is 16.0 Å². The molecule has 2 aromatic carbocycles. The lowest BCUT2D eigenvalue weighted by atomic mass is 9.96. The summed E-state index contributed by atoms with van der Waals surface area (Å²) in [6.07, 6.45) is 0. The molecular weight excluding hydrogens is 277 g/mol. The lowest BCUT2D eigenvalue weighted by molar-refractivity contribution is 0.546. The molecule has 0 spiro atoms. The Morgan fingerprint density at radius 1 is 0.895 bits per heavy atom. The van der Waals surface area contributed by atoms with E-state index < -0.39 is 0 Å². The first-order chi connectivity index (χ1) is 9.09. The van der Waals surface area contributed by atoms with Gasteiger partial charge < -0.3 is 5.32 Å². The molecule has 0 saturated carbocycles. The molecule has 0 radical (unpaired) electrons. The normalized spacial score (nSPS) is 12.5. The van der Waals surface area contributed by atoms with Crippen LogP contribution in [0.5, 0.6) is 0 Å². The molecule has 19 heavy (non-hydrogen) atoms. The van der Waals surface area contributed by atoms with Crippen LogP contribution in [0.2, 0.25) is 10.0 Å². The van der Waals surface area contributed by atoms with Crippen LogP contribution in [0.3, 0.4) is 0 Å². The minimum atomic E-state index is 0.206. The van der Waals surface area contributed by atoms with Crippen LogP contribution in [-0.2, 0) is 0 Å². The fraction of sp³-hybridized carbons (Fsp3) is 0.250. The highest BCUT2D eigenvalue weighted by Crippen LogP contribution is 2.34. The van der Waals surface area contributed by atoms with Gasteiger partial charge in [0.1, 0.15) is 0 Å². The Morgan fingerprint density at radius 2 is 1.58 bits per heavy atom. The molecule has 0 bridgehead atoms. The van der Waals surface area contributed by atoms with Gasteiger partial charge in [-0.15, -0.1) is 0 Å². The van der Waals surface area contributed by atoms with Crippen molar-refractivity contribution < 1.29 is 0 Å². The van der Waals surface area contributed by atoms with Gasteiger partial charge in [0, 0.05) is 0 Å². The molecule has 100 valence electrons. The predicted octanol–water partition coefficient (Wildman–Crippen LogP) is 5.80. The third-order valence-corrected chi connectivity index (χ3v) is 3.91. The van der Waals surface area contributed by atoms with E-state index >= 15 is 0 Å². The smallest absolute Gasteiger partial charge is 0.0823 e. The first-order valence-corrected chi connectivity index (χ1v) is 7.10. The van der Waals surface area contributed by atoms with E-state index in [1.807, 2.05) is 30.3 Å². The second kappa shape index (κ2) is 6.31. The van der Waals surface area contributed by atoms with Crippen molar-refractivity contribution in [2.45, 2.75) is 19.9 Å². The average molecular weight is 294 g/mol.